The summed E-state index contributed by atoms with van der Waals surface area (Å²) < 4.78 is 43.3. The van der Waals surface area contributed by atoms with E-state index in [-0.39, 0.29) is 38.2 Å². The third kappa shape index (κ3) is 7.67. The van der Waals surface area contributed by atoms with Gasteiger partial charge in [-0.05, 0) is 71.6 Å². The average molecular weight is 601 g/mol. The Balaban J connectivity index is 1.58. The second-order valence-corrected chi connectivity index (χ2v) is 14.2. The molecule has 4 aliphatic rings. The zero-order chi connectivity index (χ0) is 30.0. The third-order valence-electron chi connectivity index (χ3n) is 7.76. The van der Waals surface area contributed by atoms with Crippen LogP contribution in [0.4, 0.5) is 4.79 Å². The van der Waals surface area contributed by atoms with E-state index >= 15 is 0 Å². The second kappa shape index (κ2) is 12.1. The van der Waals surface area contributed by atoms with Crippen LogP contribution >= 0.6 is 0 Å². The lowest BCUT2D eigenvalue weighted by molar-refractivity contribution is -0.141. The molecule has 230 valence electrons. The smallest absolute Gasteiger partial charge is 0.408 e. The van der Waals surface area contributed by atoms with Crippen LogP contribution in [0.1, 0.15) is 72.1 Å². The van der Waals surface area contributed by atoms with Gasteiger partial charge in [0.25, 0.3) is 12.4 Å². The van der Waals surface area contributed by atoms with E-state index in [9.17, 15) is 32.4 Å². The van der Waals surface area contributed by atoms with E-state index in [0.717, 1.165) is 0 Å². The molecule has 5 atom stereocenters. The maximum absolute atomic E-state index is 13.8. The minimum absolute atomic E-state index is 0.0265. The number of ether oxygens (including phenoxy) is 3. The number of carbonyl (C=O) groups is 5. The minimum atomic E-state index is -3.86. The number of nitrogens with zero attached hydrogens (tertiary/aromatic N) is 1. The lowest BCUT2D eigenvalue weighted by Crippen LogP contribution is -2.58. The van der Waals surface area contributed by atoms with Gasteiger partial charge in [-0.3, -0.25) is 23.9 Å². The van der Waals surface area contributed by atoms with Gasteiger partial charge in [-0.15, -0.1) is 0 Å². The first-order valence-electron chi connectivity index (χ1n) is 14.1. The molecular weight excluding hydrogens is 560 g/mol. The van der Waals surface area contributed by atoms with Crippen LogP contribution in [-0.2, 0) is 43.4 Å². The number of sulfonamides is 1. The number of rotatable bonds is 6. The van der Waals surface area contributed by atoms with Gasteiger partial charge >= 0.3 is 6.09 Å². The van der Waals surface area contributed by atoms with Gasteiger partial charge in [0.2, 0.25) is 21.8 Å². The molecule has 2 saturated heterocycles. The number of hydrogen-bond acceptors (Lipinski definition) is 10. The molecule has 4 fully saturated rings. The summed E-state index contributed by atoms with van der Waals surface area (Å²) in [6, 6.07) is -2.18. The van der Waals surface area contributed by atoms with Crippen molar-refractivity contribution in [3.05, 3.63) is 0 Å². The molecule has 14 nitrogen and oxygen atoms in total. The Morgan fingerprint density at radius 3 is 2.44 bits per heavy atom. The maximum Gasteiger partial charge on any atom is 0.408 e. The Morgan fingerprint density at radius 2 is 1.80 bits per heavy atom. The summed E-state index contributed by atoms with van der Waals surface area (Å²) in [4.78, 5) is 65.7. The monoisotopic (exact) mass is 600 g/mol. The molecule has 2 aliphatic heterocycles. The molecule has 0 aromatic heterocycles. The molecule has 4 amide bonds. The van der Waals surface area contributed by atoms with Gasteiger partial charge in [-0.25, -0.2) is 13.2 Å². The van der Waals surface area contributed by atoms with Crippen LogP contribution in [0.3, 0.4) is 0 Å². The van der Waals surface area contributed by atoms with Crippen LogP contribution in [0.15, 0.2) is 0 Å². The molecule has 3 N–H and O–H groups in total. The molecule has 0 radical (unpaired) electrons. The van der Waals surface area contributed by atoms with E-state index in [1.54, 1.807) is 20.8 Å². The second-order valence-electron chi connectivity index (χ2n) is 12.2. The number of alkyl carbamates (subject to hydrolysis) is 1. The van der Waals surface area contributed by atoms with Crippen molar-refractivity contribution in [2.75, 3.05) is 19.8 Å². The van der Waals surface area contributed by atoms with Gasteiger partial charge in [-0.2, -0.15) is 0 Å². The van der Waals surface area contributed by atoms with Gasteiger partial charge in [-0.1, -0.05) is 0 Å². The fourth-order valence-corrected chi connectivity index (χ4v) is 6.81. The topological polar surface area (TPSA) is 187 Å². The van der Waals surface area contributed by atoms with Crippen molar-refractivity contribution in [3.63, 3.8) is 0 Å². The molecule has 2 aliphatic carbocycles. The molecule has 0 spiro atoms. The summed E-state index contributed by atoms with van der Waals surface area (Å²) in [7, 11) is -3.86. The highest BCUT2D eigenvalue weighted by Gasteiger charge is 2.62. The normalized spacial score (nSPS) is 31.3. The van der Waals surface area contributed by atoms with Crippen LogP contribution in [-0.4, -0.2) is 97.9 Å². The van der Waals surface area contributed by atoms with Crippen LogP contribution in [0.25, 0.3) is 0 Å². The van der Waals surface area contributed by atoms with Crippen molar-refractivity contribution in [3.8, 4) is 0 Å². The molecule has 0 aromatic rings. The van der Waals surface area contributed by atoms with E-state index in [4.69, 9.17) is 14.2 Å². The number of nitrogens with one attached hydrogen (secondary N) is 3. The molecule has 15 heteroatoms. The lowest BCUT2D eigenvalue weighted by atomic mass is 10.1. The highest BCUT2D eigenvalue weighted by molar-refractivity contribution is 7.91. The SMILES string of the molecule is CC(C)(C)OC(=O)N[C@H]1CCCOCCC[C@@H]2C[C@@]2(C(=O)NS(=O)(=O)C2CC2)NC(=O)[C@@H]2C[C@@H](OC=O)CN2C1=O. The largest absolute Gasteiger partial charge is 0.463 e. The molecule has 41 heavy (non-hydrogen) atoms. The number of amides is 4. The van der Waals surface area contributed by atoms with Gasteiger partial charge in [0, 0.05) is 19.6 Å². The quantitative estimate of drug-likeness (QED) is 0.353. The van der Waals surface area contributed by atoms with Gasteiger partial charge in [0.1, 0.15) is 29.3 Å². The van der Waals surface area contributed by atoms with Crippen LogP contribution in [0.5, 0.6) is 0 Å². The summed E-state index contributed by atoms with van der Waals surface area (Å²) in [6.07, 6.45) is 1.30. The Kier molecular flexibility index (Phi) is 9.16. The average Bonchev–Trinajstić information content (AvgIpc) is 3.78. The summed E-state index contributed by atoms with van der Waals surface area (Å²) in [5, 5.41) is 4.73. The third-order valence-corrected chi connectivity index (χ3v) is 9.58. The predicted octanol–water partition coefficient (Wildman–Crippen LogP) is 0.0961. The van der Waals surface area contributed by atoms with Gasteiger partial charge < -0.3 is 29.7 Å². The Hall–Kier alpha value is -2.94. The summed E-state index contributed by atoms with van der Waals surface area (Å²) in [6.45, 7) is 5.89. The molecule has 0 aromatic carbocycles. The Morgan fingerprint density at radius 1 is 1.12 bits per heavy atom. The van der Waals surface area contributed by atoms with Crippen molar-refractivity contribution in [2.24, 2.45) is 5.92 Å². The first-order valence-corrected chi connectivity index (χ1v) is 15.7. The molecular formula is C26H40N4O10S. The first-order chi connectivity index (χ1) is 19.3. The summed E-state index contributed by atoms with van der Waals surface area (Å²) in [5.41, 5.74) is -2.26. The fraction of sp³-hybridized carbons (Fsp3) is 0.808. The summed E-state index contributed by atoms with van der Waals surface area (Å²) >= 11 is 0. The van der Waals surface area contributed by atoms with E-state index < -0.39 is 68.4 Å². The van der Waals surface area contributed by atoms with Crippen molar-refractivity contribution in [1.29, 1.82) is 0 Å². The fourth-order valence-electron chi connectivity index (χ4n) is 5.45. The number of fused-ring (bicyclic) bond motifs is 2. The molecule has 4 rings (SSSR count). The zero-order valence-corrected chi connectivity index (χ0v) is 24.5. The minimum Gasteiger partial charge on any atom is -0.463 e. The molecule has 2 saturated carbocycles. The predicted molar refractivity (Wildman–Crippen MR) is 143 cm³/mol. The van der Waals surface area contributed by atoms with Crippen molar-refractivity contribution in [2.45, 2.75) is 107 Å². The number of carbonyl (C=O) groups excluding carboxylic acids is 5. The zero-order valence-electron chi connectivity index (χ0n) is 23.7. The van der Waals surface area contributed by atoms with Gasteiger partial charge in [0.15, 0.2) is 0 Å². The van der Waals surface area contributed by atoms with E-state index in [0.29, 0.717) is 45.3 Å². The number of hydrogen-bond donors (Lipinski definition) is 3. The van der Waals surface area contributed by atoms with E-state index in [1.807, 2.05) is 0 Å². The highest BCUT2D eigenvalue weighted by Crippen LogP contribution is 2.47. The summed E-state index contributed by atoms with van der Waals surface area (Å²) in [5.74, 6) is -2.36. The Labute approximate surface area is 239 Å². The molecule has 2 heterocycles. The molecule has 0 bridgehead atoms. The molecule has 0 unspecified atom stereocenters. The highest BCUT2D eigenvalue weighted by atomic mass is 32.2. The lowest BCUT2D eigenvalue weighted by Gasteiger charge is -2.30. The maximum atomic E-state index is 13.8. The van der Waals surface area contributed by atoms with E-state index in [2.05, 4.69) is 15.4 Å². The van der Waals surface area contributed by atoms with E-state index in [1.165, 1.54) is 4.90 Å². The Bertz CT molecular complexity index is 1150. The first kappa shape index (κ1) is 31.0. The van der Waals surface area contributed by atoms with Crippen LogP contribution in [0, 0.1) is 5.92 Å². The van der Waals surface area contributed by atoms with Crippen molar-refractivity contribution in [1.82, 2.24) is 20.3 Å². The van der Waals surface area contributed by atoms with Crippen molar-refractivity contribution >= 4 is 40.3 Å². The van der Waals surface area contributed by atoms with Crippen LogP contribution < -0.4 is 15.4 Å². The van der Waals surface area contributed by atoms with Crippen molar-refractivity contribution < 1.29 is 46.6 Å². The standard InChI is InChI=1S/C26H40N4O10S/c1-25(2,3)40-24(35)27-19-7-5-11-38-10-4-6-16-13-26(16,23(34)29-41(36,37)18-8-9-18)28-21(32)20-12-17(39-15-31)14-30(20)22(19)33/h15-20H,4-14H2,1-3H3,(H,27,35)(H,28,32)(H,29,34)/t16-,17-,19+,20+,26-/m1/s1. The van der Waals surface area contributed by atoms with Crippen LogP contribution in [0.2, 0.25) is 0 Å². The van der Waals surface area contributed by atoms with Gasteiger partial charge in [0.05, 0.1) is 11.8 Å².